The Morgan fingerprint density at radius 1 is 1.36 bits per heavy atom. The van der Waals surface area contributed by atoms with Gasteiger partial charge >= 0.3 is 0 Å². The van der Waals surface area contributed by atoms with Crippen LogP contribution in [0.15, 0.2) is 30.6 Å². The molecule has 3 heterocycles. The fourth-order valence-corrected chi connectivity index (χ4v) is 2.98. The number of anilines is 1. The predicted octanol–water partition coefficient (Wildman–Crippen LogP) is 2.10. The highest BCUT2D eigenvalue weighted by Gasteiger charge is 2.18. The quantitative estimate of drug-likeness (QED) is 0.800. The summed E-state index contributed by atoms with van der Waals surface area (Å²) in [5, 5.41) is 7.14. The molecule has 0 aliphatic carbocycles. The summed E-state index contributed by atoms with van der Waals surface area (Å²) in [5.41, 5.74) is 2.76. The lowest BCUT2D eigenvalue weighted by molar-refractivity contribution is 0.102. The van der Waals surface area contributed by atoms with Crippen LogP contribution in [0, 0.1) is 0 Å². The van der Waals surface area contributed by atoms with Gasteiger partial charge in [-0.15, -0.1) is 0 Å². The smallest absolute Gasteiger partial charge is 0.255 e. The van der Waals surface area contributed by atoms with Crippen LogP contribution in [0.25, 0.3) is 11.0 Å². The molecular formula is C14H13N5O2S. The number of hydrogen-bond donors (Lipinski definition) is 1. The zero-order valence-electron chi connectivity index (χ0n) is 11.6. The van der Waals surface area contributed by atoms with Crippen molar-refractivity contribution in [3.8, 4) is 0 Å². The number of nitrogens with zero attached hydrogens (tertiary/aromatic N) is 4. The van der Waals surface area contributed by atoms with E-state index in [9.17, 15) is 4.79 Å². The van der Waals surface area contributed by atoms with Crippen LogP contribution in [0.2, 0.25) is 0 Å². The van der Waals surface area contributed by atoms with Crippen molar-refractivity contribution >= 4 is 34.4 Å². The van der Waals surface area contributed by atoms with Crippen molar-refractivity contribution in [2.45, 2.75) is 12.5 Å². The number of nitrogens with one attached hydrogen (secondary N) is 1. The topological polar surface area (TPSA) is 81.9 Å². The minimum atomic E-state index is -0.183. The first kappa shape index (κ1) is 13.4. The standard InChI is InChI=1S/C14H13N5O2S/c20-14(9-1-2-12-13(5-9)18-22-17-12)16-10-6-15-19(7-10)11-3-4-21-8-11/h1-2,5-7,11H,3-4,8H2,(H,16,20)/t11-/m0/s1. The Balaban J connectivity index is 1.51. The number of aromatic nitrogens is 4. The number of amides is 1. The minimum Gasteiger partial charge on any atom is -0.379 e. The molecule has 22 heavy (non-hydrogen) atoms. The van der Waals surface area contributed by atoms with E-state index in [1.807, 2.05) is 10.9 Å². The summed E-state index contributed by atoms with van der Waals surface area (Å²) >= 11 is 1.14. The Hall–Kier alpha value is -2.32. The first-order chi connectivity index (χ1) is 10.8. The van der Waals surface area contributed by atoms with Crippen molar-refractivity contribution in [1.29, 1.82) is 0 Å². The third-order valence-electron chi connectivity index (χ3n) is 3.66. The lowest BCUT2D eigenvalue weighted by Gasteiger charge is -2.07. The summed E-state index contributed by atoms with van der Waals surface area (Å²) in [5.74, 6) is -0.183. The van der Waals surface area contributed by atoms with E-state index in [4.69, 9.17) is 4.74 Å². The van der Waals surface area contributed by atoms with Crippen LogP contribution in [0.4, 0.5) is 5.69 Å². The van der Waals surface area contributed by atoms with Gasteiger partial charge in [0, 0.05) is 18.4 Å². The molecule has 0 saturated carbocycles. The second-order valence-electron chi connectivity index (χ2n) is 5.15. The number of ether oxygens (including phenoxy) is 1. The van der Waals surface area contributed by atoms with E-state index in [1.165, 1.54) is 0 Å². The molecule has 1 N–H and O–H groups in total. The van der Waals surface area contributed by atoms with Gasteiger partial charge in [-0.3, -0.25) is 9.48 Å². The summed E-state index contributed by atoms with van der Waals surface area (Å²) in [7, 11) is 0. The molecule has 4 rings (SSSR count). The zero-order valence-corrected chi connectivity index (χ0v) is 12.4. The number of fused-ring (bicyclic) bond motifs is 1. The van der Waals surface area contributed by atoms with E-state index in [1.54, 1.807) is 24.4 Å². The van der Waals surface area contributed by atoms with Gasteiger partial charge < -0.3 is 10.1 Å². The third kappa shape index (κ3) is 2.46. The normalized spacial score (nSPS) is 17.9. The molecule has 1 atom stereocenters. The Kier molecular flexibility index (Phi) is 3.32. The van der Waals surface area contributed by atoms with Gasteiger partial charge in [-0.25, -0.2) is 0 Å². The van der Waals surface area contributed by atoms with Crippen molar-refractivity contribution in [3.63, 3.8) is 0 Å². The molecular weight excluding hydrogens is 302 g/mol. The molecule has 112 valence electrons. The van der Waals surface area contributed by atoms with Gasteiger partial charge in [-0.05, 0) is 24.6 Å². The van der Waals surface area contributed by atoms with Crippen molar-refractivity contribution in [2.24, 2.45) is 0 Å². The maximum Gasteiger partial charge on any atom is 0.255 e. The molecule has 0 radical (unpaired) electrons. The Bertz CT molecular complexity index is 821. The average molecular weight is 315 g/mol. The number of carbonyl (C=O) groups is 1. The second kappa shape index (κ2) is 5.47. The Morgan fingerprint density at radius 3 is 3.14 bits per heavy atom. The van der Waals surface area contributed by atoms with Crippen LogP contribution < -0.4 is 5.32 Å². The predicted molar refractivity (Wildman–Crippen MR) is 82.1 cm³/mol. The van der Waals surface area contributed by atoms with Crippen LogP contribution in [0.5, 0.6) is 0 Å². The SMILES string of the molecule is O=C(Nc1cnn([C@H]2CCOC2)c1)c1ccc2nsnc2c1. The van der Waals surface area contributed by atoms with Crippen molar-refractivity contribution < 1.29 is 9.53 Å². The molecule has 1 saturated heterocycles. The largest absolute Gasteiger partial charge is 0.379 e. The first-order valence-electron chi connectivity index (χ1n) is 6.95. The first-order valence-corrected chi connectivity index (χ1v) is 7.68. The lowest BCUT2D eigenvalue weighted by Crippen LogP contribution is -2.12. The van der Waals surface area contributed by atoms with Crippen molar-refractivity contribution in [3.05, 3.63) is 36.2 Å². The van der Waals surface area contributed by atoms with Crippen molar-refractivity contribution in [1.82, 2.24) is 18.5 Å². The van der Waals surface area contributed by atoms with Crippen molar-refractivity contribution in [2.75, 3.05) is 18.5 Å². The molecule has 1 aliphatic heterocycles. The molecule has 8 heteroatoms. The number of carbonyl (C=O) groups excluding carboxylic acids is 1. The Morgan fingerprint density at radius 2 is 2.27 bits per heavy atom. The molecule has 3 aromatic rings. The minimum absolute atomic E-state index is 0.183. The monoisotopic (exact) mass is 315 g/mol. The number of rotatable bonds is 3. The van der Waals surface area contributed by atoms with Crippen LogP contribution in [-0.4, -0.2) is 37.6 Å². The Labute approximate surface area is 130 Å². The fraction of sp³-hybridized carbons (Fsp3) is 0.286. The fourth-order valence-electron chi connectivity index (χ4n) is 2.46. The molecule has 1 aromatic carbocycles. The second-order valence-corrected chi connectivity index (χ2v) is 5.68. The summed E-state index contributed by atoms with van der Waals surface area (Å²) in [4.78, 5) is 12.3. The summed E-state index contributed by atoms with van der Waals surface area (Å²) in [6, 6.07) is 5.54. The highest BCUT2D eigenvalue weighted by Crippen LogP contribution is 2.20. The highest BCUT2D eigenvalue weighted by atomic mass is 32.1. The van der Waals surface area contributed by atoms with Gasteiger partial charge in [0.2, 0.25) is 0 Å². The molecule has 0 bridgehead atoms. The van der Waals surface area contributed by atoms with E-state index < -0.39 is 0 Å². The average Bonchev–Trinajstić information content (AvgIpc) is 3.27. The number of benzene rings is 1. The molecule has 0 spiro atoms. The molecule has 7 nitrogen and oxygen atoms in total. The van der Waals surface area contributed by atoms with Gasteiger partial charge in [0.25, 0.3) is 5.91 Å². The number of hydrogen-bond acceptors (Lipinski definition) is 6. The van der Waals surface area contributed by atoms with E-state index in [0.29, 0.717) is 17.9 Å². The van der Waals surface area contributed by atoms with Gasteiger partial charge in [0.15, 0.2) is 0 Å². The molecule has 1 fully saturated rings. The van der Waals surface area contributed by atoms with Gasteiger partial charge in [-0.2, -0.15) is 13.8 Å². The van der Waals surface area contributed by atoms with Gasteiger partial charge in [0.05, 0.1) is 36.3 Å². The van der Waals surface area contributed by atoms with E-state index in [-0.39, 0.29) is 11.9 Å². The van der Waals surface area contributed by atoms with E-state index in [2.05, 4.69) is 19.2 Å². The lowest BCUT2D eigenvalue weighted by atomic mass is 10.2. The van der Waals surface area contributed by atoms with Crippen LogP contribution in [0.3, 0.4) is 0 Å². The molecule has 1 aliphatic rings. The summed E-state index contributed by atoms with van der Waals surface area (Å²) < 4.78 is 15.5. The van der Waals surface area contributed by atoms with Crippen LogP contribution in [0.1, 0.15) is 22.8 Å². The molecule has 2 aromatic heterocycles. The maximum atomic E-state index is 12.3. The zero-order chi connectivity index (χ0) is 14.9. The maximum absolute atomic E-state index is 12.3. The van der Waals surface area contributed by atoms with Gasteiger partial charge in [-0.1, -0.05) is 0 Å². The molecule has 1 amide bonds. The third-order valence-corrected chi connectivity index (χ3v) is 4.21. The van der Waals surface area contributed by atoms with E-state index >= 15 is 0 Å². The molecule has 0 unspecified atom stereocenters. The summed E-state index contributed by atoms with van der Waals surface area (Å²) in [6.07, 6.45) is 4.43. The summed E-state index contributed by atoms with van der Waals surface area (Å²) in [6.45, 7) is 1.43. The highest BCUT2D eigenvalue weighted by molar-refractivity contribution is 7.00. The van der Waals surface area contributed by atoms with Gasteiger partial charge in [0.1, 0.15) is 11.0 Å². The van der Waals surface area contributed by atoms with E-state index in [0.717, 1.165) is 35.8 Å². The van der Waals surface area contributed by atoms with Crippen LogP contribution in [-0.2, 0) is 4.74 Å². The van der Waals surface area contributed by atoms with Crippen LogP contribution >= 0.6 is 11.7 Å².